The first-order valence-electron chi connectivity index (χ1n) is 2.71. The molecule has 0 atom stereocenters. The summed E-state index contributed by atoms with van der Waals surface area (Å²) in [6.07, 6.45) is 0.993. The molecular formula is C8H8FN. The van der Waals surface area contributed by atoms with Crippen molar-refractivity contribution in [3.8, 4) is 6.07 Å². The van der Waals surface area contributed by atoms with Crippen LogP contribution in [-0.2, 0) is 0 Å². The lowest BCUT2D eigenvalue weighted by Crippen LogP contribution is -1.81. The maximum absolute atomic E-state index is 12.5. The Labute approximate surface area is 59.8 Å². The summed E-state index contributed by atoms with van der Waals surface area (Å²) in [5.41, 5.74) is 0.384. The van der Waals surface area contributed by atoms with E-state index >= 15 is 0 Å². The molecule has 0 aromatic rings. The summed E-state index contributed by atoms with van der Waals surface area (Å²) in [6, 6.07) is 1.69. The molecule has 0 fully saturated rings. The Morgan fingerprint density at radius 2 is 2.20 bits per heavy atom. The normalized spacial score (nSPS) is 11.3. The number of nitriles is 1. The lowest BCUT2D eigenvalue weighted by molar-refractivity contribution is 0.661. The Morgan fingerprint density at radius 1 is 1.70 bits per heavy atom. The van der Waals surface area contributed by atoms with E-state index in [2.05, 4.69) is 13.2 Å². The van der Waals surface area contributed by atoms with Gasteiger partial charge in [-0.3, -0.25) is 0 Å². The summed E-state index contributed by atoms with van der Waals surface area (Å²) in [6.45, 7) is 8.18. The summed E-state index contributed by atoms with van der Waals surface area (Å²) in [7, 11) is 0. The lowest BCUT2D eigenvalue weighted by atomic mass is 10.1. The van der Waals surface area contributed by atoms with E-state index in [1.165, 1.54) is 0 Å². The molecule has 2 heteroatoms. The first kappa shape index (κ1) is 8.64. The first-order valence-corrected chi connectivity index (χ1v) is 2.71. The van der Waals surface area contributed by atoms with Gasteiger partial charge in [-0.25, -0.2) is 4.39 Å². The molecular weight excluding hydrogens is 129 g/mol. The van der Waals surface area contributed by atoms with Crippen molar-refractivity contribution >= 4 is 0 Å². The minimum Gasteiger partial charge on any atom is -0.206 e. The van der Waals surface area contributed by atoms with Gasteiger partial charge in [-0.1, -0.05) is 13.2 Å². The molecule has 0 rings (SSSR count). The molecule has 0 heterocycles. The van der Waals surface area contributed by atoms with E-state index in [1.54, 1.807) is 13.0 Å². The van der Waals surface area contributed by atoms with Gasteiger partial charge in [-0.05, 0) is 18.6 Å². The van der Waals surface area contributed by atoms with Crippen LogP contribution < -0.4 is 0 Å². The van der Waals surface area contributed by atoms with Gasteiger partial charge in [0.05, 0.1) is 5.57 Å². The molecule has 1 nitrogen and oxygen atoms in total. The topological polar surface area (TPSA) is 23.8 Å². The van der Waals surface area contributed by atoms with Crippen LogP contribution in [0.15, 0.2) is 36.2 Å². The number of hydrogen-bond donors (Lipinski definition) is 0. The van der Waals surface area contributed by atoms with Crippen molar-refractivity contribution in [1.82, 2.24) is 0 Å². The maximum atomic E-state index is 12.5. The Balaban J connectivity index is 4.86. The summed E-state index contributed by atoms with van der Waals surface area (Å²) >= 11 is 0. The second-order valence-electron chi connectivity index (χ2n) is 1.82. The third-order valence-corrected chi connectivity index (χ3v) is 0.957. The zero-order chi connectivity index (χ0) is 8.15. The highest BCUT2D eigenvalue weighted by molar-refractivity contribution is 5.43. The number of hydrogen-bond acceptors (Lipinski definition) is 1. The molecule has 0 unspecified atom stereocenters. The molecule has 0 amide bonds. The Bertz CT molecular complexity index is 230. The number of allylic oxidation sites excluding steroid dienone is 4. The maximum Gasteiger partial charge on any atom is 0.140 e. The Kier molecular flexibility index (Phi) is 3.13. The van der Waals surface area contributed by atoms with E-state index < -0.39 is 5.83 Å². The van der Waals surface area contributed by atoms with Gasteiger partial charge in [0.2, 0.25) is 0 Å². The largest absolute Gasteiger partial charge is 0.206 e. The van der Waals surface area contributed by atoms with Crippen LogP contribution in [0.25, 0.3) is 0 Å². The van der Waals surface area contributed by atoms with Gasteiger partial charge >= 0.3 is 0 Å². The molecule has 0 saturated heterocycles. The number of halogens is 1. The Morgan fingerprint density at radius 3 is 2.30 bits per heavy atom. The third kappa shape index (κ3) is 1.87. The van der Waals surface area contributed by atoms with Crippen LogP contribution in [0.4, 0.5) is 4.39 Å². The molecule has 0 aromatic heterocycles. The zero-order valence-electron chi connectivity index (χ0n) is 5.82. The van der Waals surface area contributed by atoms with Crippen LogP contribution >= 0.6 is 0 Å². The van der Waals surface area contributed by atoms with Crippen LogP contribution in [0.3, 0.4) is 0 Å². The smallest absolute Gasteiger partial charge is 0.140 e. The van der Waals surface area contributed by atoms with Crippen molar-refractivity contribution in [3.63, 3.8) is 0 Å². The van der Waals surface area contributed by atoms with E-state index in [0.29, 0.717) is 5.57 Å². The quantitative estimate of drug-likeness (QED) is 0.423. The first-order chi connectivity index (χ1) is 4.63. The highest BCUT2D eigenvalue weighted by Gasteiger charge is 2.01. The summed E-state index contributed by atoms with van der Waals surface area (Å²) in [4.78, 5) is 0. The number of nitrogens with zero attached hydrogens (tertiary/aromatic N) is 1. The van der Waals surface area contributed by atoms with Crippen molar-refractivity contribution in [2.45, 2.75) is 6.92 Å². The molecule has 52 valence electrons. The summed E-state index contributed by atoms with van der Waals surface area (Å²) in [5.74, 6) is -0.616. The second-order valence-corrected chi connectivity index (χ2v) is 1.82. The zero-order valence-corrected chi connectivity index (χ0v) is 5.82. The second kappa shape index (κ2) is 3.62. The van der Waals surface area contributed by atoms with E-state index in [-0.39, 0.29) is 5.57 Å². The van der Waals surface area contributed by atoms with Crippen molar-refractivity contribution in [3.05, 3.63) is 36.2 Å². The highest BCUT2D eigenvalue weighted by Crippen LogP contribution is 2.13. The van der Waals surface area contributed by atoms with Crippen molar-refractivity contribution in [1.29, 1.82) is 5.26 Å². The lowest BCUT2D eigenvalue weighted by Gasteiger charge is -1.93. The SMILES string of the molecule is C=C/C(F)=C(/C#N)C(=C)C. The molecule has 0 aromatic carbocycles. The van der Waals surface area contributed by atoms with Gasteiger partial charge < -0.3 is 0 Å². The van der Waals surface area contributed by atoms with E-state index in [9.17, 15) is 4.39 Å². The van der Waals surface area contributed by atoms with Crippen LogP contribution in [0.2, 0.25) is 0 Å². The monoisotopic (exact) mass is 137 g/mol. The van der Waals surface area contributed by atoms with Crippen molar-refractivity contribution in [2.24, 2.45) is 0 Å². The van der Waals surface area contributed by atoms with Gasteiger partial charge in [0.15, 0.2) is 0 Å². The van der Waals surface area contributed by atoms with E-state index in [4.69, 9.17) is 5.26 Å². The van der Waals surface area contributed by atoms with Crippen molar-refractivity contribution < 1.29 is 4.39 Å². The predicted molar refractivity (Wildman–Crippen MR) is 38.8 cm³/mol. The standard InChI is InChI=1S/C8H8FN/c1-4-8(9)7(5-10)6(2)3/h4H,1-2H2,3H3/b8-7+. The van der Waals surface area contributed by atoms with E-state index in [0.717, 1.165) is 6.08 Å². The minimum absolute atomic E-state index is 0.0324. The third-order valence-electron chi connectivity index (χ3n) is 0.957. The van der Waals surface area contributed by atoms with Gasteiger partial charge in [0.1, 0.15) is 11.9 Å². The average Bonchev–Trinajstić information content (AvgIpc) is 1.88. The molecule has 0 saturated carbocycles. The number of rotatable bonds is 2. The minimum atomic E-state index is -0.616. The van der Waals surface area contributed by atoms with Gasteiger partial charge in [-0.15, -0.1) is 0 Å². The predicted octanol–water partition coefficient (Wildman–Crippen LogP) is 2.50. The van der Waals surface area contributed by atoms with E-state index in [1.807, 2.05) is 0 Å². The molecule has 0 aliphatic heterocycles. The van der Waals surface area contributed by atoms with Gasteiger partial charge in [0.25, 0.3) is 0 Å². The molecule has 0 aliphatic rings. The summed E-state index contributed by atoms with van der Waals surface area (Å²) in [5, 5.41) is 8.34. The van der Waals surface area contributed by atoms with Crippen LogP contribution in [0.1, 0.15) is 6.92 Å². The van der Waals surface area contributed by atoms with Gasteiger partial charge in [-0.2, -0.15) is 5.26 Å². The highest BCUT2D eigenvalue weighted by atomic mass is 19.1. The van der Waals surface area contributed by atoms with Crippen LogP contribution in [-0.4, -0.2) is 0 Å². The molecule has 10 heavy (non-hydrogen) atoms. The molecule has 0 bridgehead atoms. The Hall–Kier alpha value is -1.36. The van der Waals surface area contributed by atoms with Gasteiger partial charge in [0, 0.05) is 0 Å². The van der Waals surface area contributed by atoms with Crippen LogP contribution in [0, 0.1) is 11.3 Å². The summed E-state index contributed by atoms with van der Waals surface area (Å²) < 4.78 is 12.5. The molecule has 0 radical (unpaired) electrons. The molecule has 0 spiro atoms. The van der Waals surface area contributed by atoms with Crippen molar-refractivity contribution in [2.75, 3.05) is 0 Å². The molecule has 0 N–H and O–H groups in total. The fourth-order valence-electron chi connectivity index (χ4n) is 0.455. The molecule has 0 aliphatic carbocycles. The fourth-order valence-corrected chi connectivity index (χ4v) is 0.455. The fraction of sp³-hybridized carbons (Fsp3) is 0.125. The average molecular weight is 137 g/mol. The van der Waals surface area contributed by atoms with Crippen LogP contribution in [0.5, 0.6) is 0 Å².